The number of carbonyl (C=O) groups excluding carboxylic acids is 1. The summed E-state index contributed by atoms with van der Waals surface area (Å²) in [6.45, 7) is 2.73. The molecule has 0 radical (unpaired) electrons. The molecule has 10 heteroatoms. The van der Waals surface area contributed by atoms with E-state index in [0.717, 1.165) is 22.3 Å². The molecular formula is C33H33LiN3O5S+. The summed E-state index contributed by atoms with van der Waals surface area (Å²) in [4.78, 5) is 38.8. The minimum Gasteiger partial charge on any atom is -0.480 e. The van der Waals surface area contributed by atoms with Crippen LogP contribution < -0.4 is 29.1 Å². The summed E-state index contributed by atoms with van der Waals surface area (Å²) in [7, 11) is 0. The zero-order chi connectivity index (χ0) is 30.1. The van der Waals surface area contributed by atoms with Crippen LogP contribution in [0.5, 0.6) is 0 Å². The van der Waals surface area contributed by atoms with Crippen LogP contribution >= 0.6 is 11.8 Å². The Hall–Kier alpha value is -4.03. The Morgan fingerprint density at radius 3 is 2.23 bits per heavy atom. The molecule has 4 aromatic carbocycles. The molecule has 0 aliphatic heterocycles. The van der Waals surface area contributed by atoms with Crippen molar-refractivity contribution in [3.63, 3.8) is 0 Å². The molecule has 1 atom stereocenters. The summed E-state index contributed by atoms with van der Waals surface area (Å²) in [5, 5.41) is 24.3. The van der Waals surface area contributed by atoms with Gasteiger partial charge in [-0.3, -0.25) is 14.9 Å². The molecule has 1 amide bonds. The number of anilines is 1. The standard InChI is InChI=1S/C33H33N3O5S.Li/c1-23-10-6-7-13-26(23)28-20-25(16-17-27(28)32(37)34-29(33(38)39)18-19-42-2)22-35(21-24-11-4-3-5-12-24)30-14-8-9-15-31(30)36(40)41;/h3-17,20,29H,18-19,21-22H2,1-2H3,(H,34,37)(H,38,39);/q;+1. The van der Waals surface area contributed by atoms with Gasteiger partial charge in [-0.25, -0.2) is 4.79 Å². The third-order valence-corrected chi connectivity index (χ3v) is 7.63. The quantitative estimate of drug-likeness (QED) is 0.139. The summed E-state index contributed by atoms with van der Waals surface area (Å²) >= 11 is 1.52. The van der Waals surface area contributed by atoms with Crippen LogP contribution in [0.15, 0.2) is 97.1 Å². The number of benzene rings is 4. The number of aliphatic carboxylic acids is 1. The van der Waals surface area contributed by atoms with E-state index in [4.69, 9.17) is 0 Å². The Morgan fingerprint density at radius 1 is 0.907 bits per heavy atom. The van der Waals surface area contributed by atoms with Crippen molar-refractivity contribution in [3.8, 4) is 11.1 Å². The molecule has 8 nitrogen and oxygen atoms in total. The summed E-state index contributed by atoms with van der Waals surface area (Å²) in [5.41, 5.74) is 5.17. The Kier molecular flexibility index (Phi) is 12.4. The molecule has 0 heterocycles. The van der Waals surface area contributed by atoms with Crippen LogP contribution in [0, 0.1) is 17.0 Å². The van der Waals surface area contributed by atoms with E-state index in [2.05, 4.69) is 5.32 Å². The first-order chi connectivity index (χ1) is 20.3. The average Bonchev–Trinajstić information content (AvgIpc) is 2.99. The summed E-state index contributed by atoms with van der Waals surface area (Å²) in [6, 6.07) is 28.5. The molecule has 0 aliphatic carbocycles. The molecule has 0 saturated carbocycles. The van der Waals surface area contributed by atoms with Crippen LogP contribution in [0.4, 0.5) is 11.4 Å². The first kappa shape index (κ1) is 33.5. The monoisotopic (exact) mass is 590 g/mol. The van der Waals surface area contributed by atoms with Crippen molar-refractivity contribution in [2.45, 2.75) is 32.5 Å². The van der Waals surface area contributed by atoms with Crippen molar-refractivity contribution >= 4 is 35.0 Å². The van der Waals surface area contributed by atoms with Crippen LogP contribution in [0.1, 0.15) is 33.5 Å². The Morgan fingerprint density at radius 2 is 1.56 bits per heavy atom. The zero-order valence-electron chi connectivity index (χ0n) is 24.5. The average molecular weight is 591 g/mol. The van der Waals surface area contributed by atoms with Crippen molar-refractivity contribution in [2.75, 3.05) is 16.9 Å². The van der Waals surface area contributed by atoms with Crippen molar-refractivity contribution in [1.82, 2.24) is 5.32 Å². The van der Waals surface area contributed by atoms with Gasteiger partial charge in [0.2, 0.25) is 0 Å². The van der Waals surface area contributed by atoms with Gasteiger partial charge in [0.05, 0.1) is 4.92 Å². The molecular weight excluding hydrogens is 557 g/mol. The van der Waals surface area contributed by atoms with E-state index in [1.807, 2.05) is 84.8 Å². The second-order valence-corrected chi connectivity index (χ2v) is 10.9. The number of carboxylic acids is 1. The fraction of sp³-hybridized carbons (Fsp3) is 0.212. The van der Waals surface area contributed by atoms with E-state index < -0.39 is 17.9 Å². The maximum atomic E-state index is 13.5. The number of carboxylic acid groups (broad SMARTS) is 1. The van der Waals surface area contributed by atoms with E-state index in [1.165, 1.54) is 17.8 Å². The smallest absolute Gasteiger partial charge is 0.480 e. The molecule has 4 aromatic rings. The van der Waals surface area contributed by atoms with Crippen LogP contribution in [0.3, 0.4) is 0 Å². The van der Waals surface area contributed by atoms with E-state index in [9.17, 15) is 24.8 Å². The number of para-hydroxylation sites is 2. The van der Waals surface area contributed by atoms with Crippen molar-refractivity contribution < 1.29 is 38.5 Å². The fourth-order valence-electron chi connectivity index (χ4n) is 4.85. The van der Waals surface area contributed by atoms with Gasteiger partial charge >= 0.3 is 24.8 Å². The normalized spacial score (nSPS) is 11.2. The maximum Gasteiger partial charge on any atom is 1.00 e. The van der Waals surface area contributed by atoms with Crippen molar-refractivity contribution in [1.29, 1.82) is 0 Å². The number of nitrogens with one attached hydrogen (secondary N) is 1. The van der Waals surface area contributed by atoms with Gasteiger partial charge in [0, 0.05) is 24.7 Å². The number of hydrogen-bond acceptors (Lipinski definition) is 6. The molecule has 4 rings (SSSR count). The third kappa shape index (κ3) is 8.74. The number of rotatable bonds is 13. The molecule has 43 heavy (non-hydrogen) atoms. The molecule has 1 unspecified atom stereocenters. The first-order valence-electron chi connectivity index (χ1n) is 13.5. The Balaban J connectivity index is 0.00000506. The van der Waals surface area contributed by atoms with Gasteiger partial charge in [-0.1, -0.05) is 72.8 Å². The number of thioether (sulfide) groups is 1. The second kappa shape index (κ2) is 16.0. The van der Waals surface area contributed by atoms with Gasteiger partial charge in [0.25, 0.3) is 11.6 Å². The Labute approximate surface area is 267 Å². The zero-order valence-corrected chi connectivity index (χ0v) is 25.3. The SMILES string of the molecule is CSCCC(NC(=O)c1ccc(CN(Cc2ccccc2)c2ccccc2[N+](=O)[O-])cc1-c1ccccc1C)C(=O)O.[Li+]. The largest absolute Gasteiger partial charge is 1.00 e. The molecule has 0 aliphatic rings. The fourth-order valence-corrected chi connectivity index (χ4v) is 5.32. The van der Waals surface area contributed by atoms with E-state index in [0.29, 0.717) is 42.1 Å². The molecule has 0 spiro atoms. The predicted molar refractivity (Wildman–Crippen MR) is 168 cm³/mol. The number of nitrogens with zero attached hydrogens (tertiary/aromatic N) is 2. The van der Waals surface area contributed by atoms with Crippen molar-refractivity contribution in [3.05, 3.63) is 129 Å². The first-order valence-corrected chi connectivity index (χ1v) is 14.9. The van der Waals surface area contributed by atoms with Crippen LogP contribution in [0.25, 0.3) is 11.1 Å². The molecule has 216 valence electrons. The van der Waals surface area contributed by atoms with Gasteiger partial charge in [0.1, 0.15) is 11.7 Å². The van der Waals surface area contributed by atoms with Gasteiger partial charge < -0.3 is 15.3 Å². The minimum absolute atomic E-state index is 0. The summed E-state index contributed by atoms with van der Waals surface area (Å²) in [5.74, 6) is -0.940. The number of carbonyl (C=O) groups is 2. The number of amides is 1. The summed E-state index contributed by atoms with van der Waals surface area (Å²) < 4.78 is 0. The number of nitro benzene ring substituents is 1. The molecule has 2 N–H and O–H groups in total. The minimum atomic E-state index is -1.08. The number of aryl methyl sites for hydroxylation is 1. The van der Waals surface area contributed by atoms with Crippen LogP contribution in [-0.4, -0.2) is 40.0 Å². The Bertz CT molecular complexity index is 1570. The van der Waals surface area contributed by atoms with Gasteiger partial charge in [-0.2, -0.15) is 11.8 Å². The second-order valence-electron chi connectivity index (χ2n) is 9.93. The van der Waals surface area contributed by atoms with Gasteiger partial charge in [-0.05, 0) is 71.4 Å². The topological polar surface area (TPSA) is 113 Å². The molecule has 0 saturated heterocycles. The number of nitro groups is 1. The number of hydrogen-bond donors (Lipinski definition) is 2. The summed E-state index contributed by atoms with van der Waals surface area (Å²) in [6.07, 6.45) is 2.20. The third-order valence-electron chi connectivity index (χ3n) is 6.99. The van der Waals surface area contributed by atoms with Crippen LogP contribution in [-0.2, 0) is 17.9 Å². The van der Waals surface area contributed by atoms with Gasteiger partial charge in [0.15, 0.2) is 0 Å². The molecule has 0 bridgehead atoms. The van der Waals surface area contributed by atoms with E-state index >= 15 is 0 Å². The molecule has 0 aromatic heterocycles. The van der Waals surface area contributed by atoms with Crippen molar-refractivity contribution in [2.24, 2.45) is 0 Å². The van der Waals surface area contributed by atoms with E-state index in [-0.39, 0.29) is 29.5 Å². The maximum absolute atomic E-state index is 13.5. The van der Waals surface area contributed by atoms with Crippen LogP contribution in [0.2, 0.25) is 0 Å². The van der Waals surface area contributed by atoms with Gasteiger partial charge in [-0.15, -0.1) is 0 Å². The predicted octanol–water partition coefficient (Wildman–Crippen LogP) is 3.72. The van der Waals surface area contributed by atoms with E-state index in [1.54, 1.807) is 24.3 Å². The molecule has 0 fully saturated rings.